The van der Waals surface area contributed by atoms with E-state index in [1.54, 1.807) is 7.05 Å². The fourth-order valence-electron chi connectivity index (χ4n) is 1.29. The second-order valence-corrected chi connectivity index (χ2v) is 3.14. The Bertz CT molecular complexity index is 478. The van der Waals surface area contributed by atoms with Crippen LogP contribution < -0.4 is 5.32 Å². The molecule has 1 aromatic carbocycles. The van der Waals surface area contributed by atoms with Crippen LogP contribution >= 0.6 is 0 Å². The van der Waals surface area contributed by atoms with Crippen molar-refractivity contribution >= 4 is 0 Å². The summed E-state index contributed by atoms with van der Waals surface area (Å²) in [4.78, 5) is 3.87. The molecule has 0 saturated carbocycles. The molecule has 1 heterocycles. The largest absolute Gasteiger partial charge is 0.334 e. The van der Waals surface area contributed by atoms with Gasteiger partial charge in [-0.15, -0.1) is 0 Å². The molecule has 0 spiro atoms. The molecule has 0 unspecified atom stereocenters. The SMILES string of the molecule is CNCc1noc(-c2c(F)cccc2F)n1. The molecular weight excluding hydrogens is 216 g/mol. The Kier molecular flexibility index (Phi) is 2.91. The Balaban J connectivity index is 2.42. The van der Waals surface area contributed by atoms with Crippen molar-refractivity contribution in [2.24, 2.45) is 0 Å². The zero-order chi connectivity index (χ0) is 11.5. The van der Waals surface area contributed by atoms with E-state index in [1.165, 1.54) is 6.07 Å². The highest BCUT2D eigenvalue weighted by Crippen LogP contribution is 2.23. The summed E-state index contributed by atoms with van der Waals surface area (Å²) in [6, 6.07) is 3.56. The van der Waals surface area contributed by atoms with E-state index in [0.717, 1.165) is 12.1 Å². The van der Waals surface area contributed by atoms with Crippen LogP contribution in [0.25, 0.3) is 11.5 Å². The summed E-state index contributed by atoms with van der Waals surface area (Å²) in [5, 5.41) is 6.39. The first-order chi connectivity index (χ1) is 7.72. The lowest BCUT2D eigenvalue weighted by molar-refractivity contribution is 0.415. The third kappa shape index (κ3) is 1.92. The number of benzene rings is 1. The quantitative estimate of drug-likeness (QED) is 0.864. The van der Waals surface area contributed by atoms with Crippen LogP contribution in [0.4, 0.5) is 8.78 Å². The number of hydrogen-bond acceptors (Lipinski definition) is 4. The van der Waals surface area contributed by atoms with Crippen LogP contribution in [0.2, 0.25) is 0 Å². The number of halogens is 2. The monoisotopic (exact) mass is 225 g/mol. The van der Waals surface area contributed by atoms with Crippen molar-refractivity contribution in [2.75, 3.05) is 7.05 Å². The van der Waals surface area contributed by atoms with Crippen molar-refractivity contribution in [3.8, 4) is 11.5 Å². The van der Waals surface area contributed by atoms with Gasteiger partial charge in [-0.1, -0.05) is 11.2 Å². The standard InChI is InChI=1S/C10H9F2N3O/c1-13-5-8-14-10(16-15-8)9-6(11)3-2-4-7(9)12/h2-4,13H,5H2,1H3. The number of hydrogen-bond donors (Lipinski definition) is 1. The van der Waals surface area contributed by atoms with Crippen LogP contribution in [0.15, 0.2) is 22.7 Å². The lowest BCUT2D eigenvalue weighted by Gasteiger charge is -1.97. The maximum Gasteiger partial charge on any atom is 0.263 e. The van der Waals surface area contributed by atoms with Gasteiger partial charge in [0, 0.05) is 0 Å². The molecule has 16 heavy (non-hydrogen) atoms. The number of nitrogens with one attached hydrogen (secondary N) is 1. The van der Waals surface area contributed by atoms with Gasteiger partial charge in [0.05, 0.1) is 6.54 Å². The van der Waals surface area contributed by atoms with Gasteiger partial charge >= 0.3 is 0 Å². The summed E-state index contributed by atoms with van der Waals surface area (Å²) in [5.41, 5.74) is -0.294. The lowest BCUT2D eigenvalue weighted by Crippen LogP contribution is -2.06. The van der Waals surface area contributed by atoms with E-state index >= 15 is 0 Å². The second-order valence-electron chi connectivity index (χ2n) is 3.14. The Morgan fingerprint density at radius 1 is 1.31 bits per heavy atom. The summed E-state index contributed by atoms with van der Waals surface area (Å²) in [7, 11) is 1.71. The van der Waals surface area contributed by atoms with Crippen LogP contribution in [0, 0.1) is 11.6 Å². The third-order valence-electron chi connectivity index (χ3n) is 1.98. The van der Waals surface area contributed by atoms with Gasteiger partial charge in [0.15, 0.2) is 5.82 Å². The topological polar surface area (TPSA) is 51.0 Å². The molecule has 0 atom stereocenters. The van der Waals surface area contributed by atoms with Gasteiger partial charge in [-0.3, -0.25) is 0 Å². The maximum absolute atomic E-state index is 13.3. The average molecular weight is 225 g/mol. The van der Waals surface area contributed by atoms with E-state index in [-0.39, 0.29) is 11.5 Å². The number of nitrogens with zero attached hydrogens (tertiary/aromatic N) is 2. The van der Waals surface area contributed by atoms with Crippen molar-refractivity contribution in [2.45, 2.75) is 6.54 Å². The molecule has 2 rings (SSSR count). The van der Waals surface area contributed by atoms with Crippen LogP contribution in [-0.4, -0.2) is 17.2 Å². The minimum Gasteiger partial charge on any atom is -0.334 e. The van der Waals surface area contributed by atoms with Crippen molar-refractivity contribution in [3.05, 3.63) is 35.7 Å². The van der Waals surface area contributed by atoms with E-state index in [2.05, 4.69) is 15.5 Å². The fourth-order valence-corrected chi connectivity index (χ4v) is 1.29. The Morgan fingerprint density at radius 2 is 2.00 bits per heavy atom. The zero-order valence-corrected chi connectivity index (χ0v) is 8.50. The maximum atomic E-state index is 13.3. The van der Waals surface area contributed by atoms with E-state index < -0.39 is 11.6 Å². The van der Waals surface area contributed by atoms with Crippen LogP contribution in [-0.2, 0) is 6.54 Å². The molecule has 4 nitrogen and oxygen atoms in total. The van der Waals surface area contributed by atoms with Gasteiger partial charge in [-0.05, 0) is 19.2 Å². The van der Waals surface area contributed by atoms with E-state index in [0.29, 0.717) is 12.4 Å². The highest BCUT2D eigenvalue weighted by atomic mass is 19.1. The summed E-state index contributed by atoms with van der Waals surface area (Å²) in [5.74, 6) is -1.25. The van der Waals surface area contributed by atoms with Crippen molar-refractivity contribution in [1.82, 2.24) is 15.5 Å². The third-order valence-corrected chi connectivity index (χ3v) is 1.98. The highest BCUT2D eigenvalue weighted by molar-refractivity contribution is 5.54. The smallest absolute Gasteiger partial charge is 0.263 e. The van der Waals surface area contributed by atoms with E-state index in [4.69, 9.17) is 4.52 Å². The number of rotatable bonds is 3. The van der Waals surface area contributed by atoms with Gasteiger partial charge in [0.2, 0.25) is 0 Å². The molecular formula is C10H9F2N3O. The molecule has 0 amide bonds. The van der Waals surface area contributed by atoms with E-state index in [9.17, 15) is 8.78 Å². The van der Waals surface area contributed by atoms with Gasteiger partial charge in [0.25, 0.3) is 5.89 Å². The molecule has 0 radical (unpaired) electrons. The predicted octanol–water partition coefficient (Wildman–Crippen LogP) is 1.73. The summed E-state index contributed by atoms with van der Waals surface area (Å²) < 4.78 is 31.5. The van der Waals surface area contributed by atoms with E-state index in [1.807, 2.05) is 0 Å². The van der Waals surface area contributed by atoms with Gasteiger partial charge in [-0.2, -0.15) is 4.98 Å². The first kappa shape index (κ1) is 10.7. The normalized spacial score (nSPS) is 10.7. The predicted molar refractivity (Wildman–Crippen MR) is 52.4 cm³/mol. The molecule has 2 aromatic rings. The zero-order valence-electron chi connectivity index (χ0n) is 8.50. The molecule has 1 aromatic heterocycles. The van der Waals surface area contributed by atoms with Crippen molar-refractivity contribution in [3.63, 3.8) is 0 Å². The molecule has 0 bridgehead atoms. The molecule has 0 aliphatic heterocycles. The lowest BCUT2D eigenvalue weighted by atomic mass is 10.2. The molecule has 6 heteroatoms. The van der Waals surface area contributed by atoms with Gasteiger partial charge in [-0.25, -0.2) is 8.78 Å². The molecule has 0 aliphatic carbocycles. The molecule has 0 fully saturated rings. The highest BCUT2D eigenvalue weighted by Gasteiger charge is 2.17. The summed E-state index contributed by atoms with van der Waals surface area (Å²) >= 11 is 0. The first-order valence-electron chi connectivity index (χ1n) is 4.64. The van der Waals surface area contributed by atoms with Crippen LogP contribution in [0.1, 0.15) is 5.82 Å². The summed E-state index contributed by atoms with van der Waals surface area (Å²) in [6.07, 6.45) is 0. The number of aromatic nitrogens is 2. The van der Waals surface area contributed by atoms with Crippen molar-refractivity contribution < 1.29 is 13.3 Å². The molecule has 1 N–H and O–H groups in total. The fraction of sp³-hybridized carbons (Fsp3) is 0.200. The van der Waals surface area contributed by atoms with Crippen LogP contribution in [0.3, 0.4) is 0 Å². The van der Waals surface area contributed by atoms with Crippen molar-refractivity contribution in [1.29, 1.82) is 0 Å². The van der Waals surface area contributed by atoms with Crippen LogP contribution in [0.5, 0.6) is 0 Å². The van der Waals surface area contributed by atoms with Gasteiger partial charge < -0.3 is 9.84 Å². The minimum atomic E-state index is -0.723. The molecule has 0 aliphatic rings. The first-order valence-corrected chi connectivity index (χ1v) is 4.64. The molecule has 0 saturated heterocycles. The molecule has 84 valence electrons. The Morgan fingerprint density at radius 3 is 2.62 bits per heavy atom. The minimum absolute atomic E-state index is 0.152. The Hall–Kier alpha value is -1.82. The second kappa shape index (κ2) is 4.36. The van der Waals surface area contributed by atoms with Gasteiger partial charge in [0.1, 0.15) is 17.2 Å². The average Bonchev–Trinajstić information content (AvgIpc) is 2.67. The Labute approximate surface area is 90.3 Å². The summed E-state index contributed by atoms with van der Waals surface area (Å²) in [6.45, 7) is 0.375.